The van der Waals surface area contributed by atoms with Crippen LogP contribution in [0, 0.1) is 6.92 Å². The molecule has 28 heavy (non-hydrogen) atoms. The number of aryl methyl sites for hydroxylation is 2. The minimum Gasteiger partial charge on any atom is -0.323 e. The van der Waals surface area contributed by atoms with Gasteiger partial charge in [0.2, 0.25) is 11.0 Å². The van der Waals surface area contributed by atoms with Crippen molar-refractivity contribution in [3.05, 3.63) is 53.5 Å². The number of hydrogen-bond donors (Lipinski definition) is 1. The number of anilines is 1. The number of nitrogens with zero attached hydrogens (tertiary/aromatic N) is 5. The van der Waals surface area contributed by atoms with Crippen molar-refractivity contribution in [2.24, 2.45) is 0 Å². The third-order valence-corrected chi connectivity index (χ3v) is 5.35. The standard InChI is InChI=1S/C20H16N6OS/c1-12-24-25-20(28-12)23-17(27)10-11-26-16-9-5-2-6-13(16)18-19(26)22-15-8-4-3-7-14(15)21-18/h2-9H,10-11H2,1H3,(H,23,25,27). The van der Waals surface area contributed by atoms with Gasteiger partial charge in [-0.05, 0) is 25.1 Å². The van der Waals surface area contributed by atoms with Gasteiger partial charge in [0.1, 0.15) is 10.5 Å². The molecule has 1 amide bonds. The van der Waals surface area contributed by atoms with Gasteiger partial charge in [0.25, 0.3) is 0 Å². The molecule has 0 aliphatic rings. The second kappa shape index (κ2) is 6.65. The van der Waals surface area contributed by atoms with Crippen LogP contribution in [0.15, 0.2) is 48.5 Å². The molecule has 5 rings (SSSR count). The summed E-state index contributed by atoms with van der Waals surface area (Å²) in [6.07, 6.45) is 0.306. The Morgan fingerprint density at radius 1 is 1.04 bits per heavy atom. The molecule has 0 saturated carbocycles. The third-order valence-electron chi connectivity index (χ3n) is 4.59. The Hall–Kier alpha value is -3.39. The van der Waals surface area contributed by atoms with Crippen LogP contribution in [0.3, 0.4) is 0 Å². The van der Waals surface area contributed by atoms with E-state index in [1.165, 1.54) is 11.3 Å². The van der Waals surface area contributed by atoms with Gasteiger partial charge in [0, 0.05) is 18.4 Å². The molecule has 3 aromatic heterocycles. The number of aromatic nitrogens is 5. The van der Waals surface area contributed by atoms with Crippen molar-refractivity contribution in [1.82, 2.24) is 24.7 Å². The minimum absolute atomic E-state index is 0.101. The predicted molar refractivity (Wildman–Crippen MR) is 110 cm³/mol. The largest absolute Gasteiger partial charge is 0.323 e. The van der Waals surface area contributed by atoms with Crippen molar-refractivity contribution >= 4 is 55.5 Å². The number of carbonyl (C=O) groups excluding carboxylic acids is 1. The van der Waals surface area contributed by atoms with Crippen LogP contribution in [0.5, 0.6) is 0 Å². The summed E-state index contributed by atoms with van der Waals surface area (Å²) in [5.74, 6) is -0.101. The van der Waals surface area contributed by atoms with Gasteiger partial charge >= 0.3 is 0 Å². The number of amides is 1. The minimum atomic E-state index is -0.101. The summed E-state index contributed by atoms with van der Waals surface area (Å²) in [6.45, 7) is 2.36. The summed E-state index contributed by atoms with van der Waals surface area (Å²) in [4.78, 5) is 22.0. The van der Waals surface area contributed by atoms with Crippen LogP contribution in [-0.4, -0.2) is 30.6 Å². The number of fused-ring (bicyclic) bond motifs is 4. The SMILES string of the molecule is Cc1nnc(NC(=O)CCn2c3ccccc3c3nc4ccccc4nc32)s1. The number of para-hydroxylation sites is 3. The highest BCUT2D eigenvalue weighted by Crippen LogP contribution is 2.28. The van der Waals surface area contributed by atoms with E-state index < -0.39 is 0 Å². The first-order valence-electron chi connectivity index (χ1n) is 8.93. The Kier molecular flexibility index (Phi) is 3.98. The monoisotopic (exact) mass is 388 g/mol. The molecule has 0 atom stereocenters. The lowest BCUT2D eigenvalue weighted by molar-refractivity contribution is -0.116. The lowest BCUT2D eigenvalue weighted by atomic mass is 10.2. The molecule has 0 fully saturated rings. The Morgan fingerprint density at radius 2 is 1.79 bits per heavy atom. The molecule has 2 aromatic carbocycles. The number of carbonyl (C=O) groups is 1. The molecule has 138 valence electrons. The van der Waals surface area contributed by atoms with Crippen LogP contribution < -0.4 is 5.32 Å². The van der Waals surface area contributed by atoms with Crippen molar-refractivity contribution in [3.63, 3.8) is 0 Å². The zero-order valence-electron chi connectivity index (χ0n) is 15.1. The number of rotatable bonds is 4. The molecule has 0 saturated heterocycles. The second-order valence-electron chi connectivity index (χ2n) is 6.48. The highest BCUT2D eigenvalue weighted by atomic mass is 32.1. The van der Waals surface area contributed by atoms with Crippen molar-refractivity contribution in [3.8, 4) is 0 Å². The Morgan fingerprint density at radius 3 is 2.57 bits per heavy atom. The van der Waals surface area contributed by atoms with Gasteiger partial charge in [-0.15, -0.1) is 10.2 Å². The van der Waals surface area contributed by atoms with E-state index in [0.29, 0.717) is 18.1 Å². The average Bonchev–Trinajstić information content (AvgIpc) is 3.25. The topological polar surface area (TPSA) is 85.6 Å². The smallest absolute Gasteiger partial charge is 0.227 e. The molecule has 0 unspecified atom stereocenters. The van der Waals surface area contributed by atoms with E-state index in [9.17, 15) is 4.79 Å². The third kappa shape index (κ3) is 2.87. The van der Waals surface area contributed by atoms with E-state index >= 15 is 0 Å². The molecule has 5 aromatic rings. The van der Waals surface area contributed by atoms with E-state index in [-0.39, 0.29) is 5.91 Å². The molecule has 8 heteroatoms. The van der Waals surface area contributed by atoms with Crippen molar-refractivity contribution < 1.29 is 4.79 Å². The van der Waals surface area contributed by atoms with Crippen molar-refractivity contribution in [1.29, 1.82) is 0 Å². The Balaban J connectivity index is 1.53. The first kappa shape index (κ1) is 16.8. The fourth-order valence-corrected chi connectivity index (χ4v) is 3.96. The number of benzene rings is 2. The molecule has 0 spiro atoms. The molecule has 0 bridgehead atoms. The molecular formula is C20H16N6OS. The van der Waals surface area contributed by atoms with E-state index in [2.05, 4.69) is 20.1 Å². The predicted octanol–water partition coefficient (Wildman–Crippen LogP) is 3.93. The van der Waals surface area contributed by atoms with Crippen molar-refractivity contribution in [2.45, 2.75) is 19.9 Å². The molecule has 0 aliphatic heterocycles. The van der Waals surface area contributed by atoms with Gasteiger partial charge in [0.15, 0.2) is 5.65 Å². The van der Waals surface area contributed by atoms with Crippen LogP contribution in [0.4, 0.5) is 5.13 Å². The Bertz CT molecular complexity index is 1340. The Labute approximate surface area is 164 Å². The van der Waals surface area contributed by atoms with E-state index in [1.54, 1.807) is 0 Å². The fourth-order valence-electron chi connectivity index (χ4n) is 3.35. The van der Waals surface area contributed by atoms with E-state index in [4.69, 9.17) is 9.97 Å². The van der Waals surface area contributed by atoms with Gasteiger partial charge < -0.3 is 9.88 Å². The van der Waals surface area contributed by atoms with E-state index in [1.807, 2.05) is 55.5 Å². The molecular weight excluding hydrogens is 372 g/mol. The lowest BCUT2D eigenvalue weighted by Gasteiger charge is -2.07. The van der Waals surface area contributed by atoms with Gasteiger partial charge in [0.05, 0.1) is 16.6 Å². The fraction of sp³-hybridized carbons (Fsp3) is 0.150. The summed E-state index contributed by atoms with van der Waals surface area (Å²) in [5.41, 5.74) is 4.37. The highest BCUT2D eigenvalue weighted by Gasteiger charge is 2.15. The summed E-state index contributed by atoms with van der Waals surface area (Å²) in [7, 11) is 0. The first-order valence-corrected chi connectivity index (χ1v) is 9.74. The second-order valence-corrected chi connectivity index (χ2v) is 7.66. The molecule has 0 aliphatic carbocycles. The first-order chi connectivity index (χ1) is 13.7. The summed E-state index contributed by atoms with van der Waals surface area (Å²) >= 11 is 1.36. The summed E-state index contributed by atoms with van der Waals surface area (Å²) < 4.78 is 2.06. The summed E-state index contributed by atoms with van der Waals surface area (Å²) in [5, 5.41) is 13.1. The normalized spacial score (nSPS) is 11.5. The van der Waals surface area contributed by atoms with Gasteiger partial charge in [-0.3, -0.25) is 4.79 Å². The maximum absolute atomic E-state index is 12.4. The lowest BCUT2D eigenvalue weighted by Crippen LogP contribution is -2.14. The quantitative estimate of drug-likeness (QED) is 0.504. The molecule has 0 radical (unpaired) electrons. The average molecular weight is 388 g/mol. The van der Waals surface area contributed by atoms with Gasteiger partial charge in [-0.25, -0.2) is 9.97 Å². The van der Waals surface area contributed by atoms with Crippen molar-refractivity contribution in [2.75, 3.05) is 5.32 Å². The number of hydrogen-bond acceptors (Lipinski definition) is 6. The van der Waals surface area contributed by atoms with Crippen LogP contribution in [0.2, 0.25) is 0 Å². The van der Waals surface area contributed by atoms with Crippen LogP contribution in [-0.2, 0) is 11.3 Å². The maximum Gasteiger partial charge on any atom is 0.227 e. The highest BCUT2D eigenvalue weighted by molar-refractivity contribution is 7.15. The molecule has 1 N–H and O–H groups in total. The maximum atomic E-state index is 12.4. The van der Waals surface area contributed by atoms with Gasteiger partial charge in [-0.1, -0.05) is 41.7 Å². The molecule has 3 heterocycles. The zero-order valence-corrected chi connectivity index (χ0v) is 15.9. The number of nitrogens with one attached hydrogen (secondary N) is 1. The van der Waals surface area contributed by atoms with Crippen LogP contribution in [0.25, 0.3) is 33.1 Å². The van der Waals surface area contributed by atoms with E-state index in [0.717, 1.165) is 38.1 Å². The summed E-state index contributed by atoms with van der Waals surface area (Å²) in [6, 6.07) is 15.9. The van der Waals surface area contributed by atoms with Gasteiger partial charge in [-0.2, -0.15) is 0 Å². The van der Waals surface area contributed by atoms with Crippen LogP contribution in [0.1, 0.15) is 11.4 Å². The zero-order chi connectivity index (χ0) is 19.1. The van der Waals surface area contributed by atoms with Crippen LogP contribution >= 0.6 is 11.3 Å². The molecule has 7 nitrogen and oxygen atoms in total.